The van der Waals surface area contributed by atoms with Crippen molar-refractivity contribution < 1.29 is 9.18 Å². The molecule has 3 atom stereocenters. The van der Waals surface area contributed by atoms with Crippen LogP contribution in [0.5, 0.6) is 0 Å². The molecule has 4 rings (SSSR count). The Morgan fingerprint density at radius 2 is 2.12 bits per heavy atom. The molecule has 0 radical (unpaired) electrons. The molecule has 6 heteroatoms. The Morgan fingerprint density at radius 3 is 2.88 bits per heavy atom. The molecule has 138 valence electrons. The first-order chi connectivity index (χ1) is 12.6. The van der Waals surface area contributed by atoms with E-state index in [4.69, 9.17) is 4.98 Å². The van der Waals surface area contributed by atoms with E-state index in [1.54, 1.807) is 23.5 Å². The highest BCUT2D eigenvalue weighted by atomic mass is 32.1. The minimum atomic E-state index is -0.239. The summed E-state index contributed by atoms with van der Waals surface area (Å²) in [6, 6.07) is 6.92. The van der Waals surface area contributed by atoms with Gasteiger partial charge >= 0.3 is 0 Å². The second kappa shape index (κ2) is 7.45. The molecule has 1 fully saturated rings. The second-order valence-corrected chi connectivity index (χ2v) is 8.40. The van der Waals surface area contributed by atoms with Crippen molar-refractivity contribution in [2.24, 2.45) is 5.92 Å². The number of aromatic nitrogens is 1. The summed E-state index contributed by atoms with van der Waals surface area (Å²) >= 11 is 1.63. The Bertz CT molecular complexity index is 789. The molecule has 4 nitrogen and oxygen atoms in total. The predicted molar refractivity (Wildman–Crippen MR) is 102 cm³/mol. The molecule has 1 aliphatic carbocycles. The van der Waals surface area contributed by atoms with E-state index in [9.17, 15) is 9.18 Å². The molecule has 1 saturated heterocycles. The van der Waals surface area contributed by atoms with Gasteiger partial charge < -0.3 is 10.6 Å². The van der Waals surface area contributed by atoms with Gasteiger partial charge in [-0.15, -0.1) is 11.3 Å². The van der Waals surface area contributed by atoms with E-state index >= 15 is 0 Å². The van der Waals surface area contributed by atoms with Gasteiger partial charge in [-0.05, 0) is 69.8 Å². The number of carbonyl (C=O) groups excluding carboxylic acids is 1. The largest absolute Gasteiger partial charge is 0.348 e. The van der Waals surface area contributed by atoms with Gasteiger partial charge in [0.1, 0.15) is 10.8 Å². The third-order valence-corrected chi connectivity index (χ3v) is 6.61. The van der Waals surface area contributed by atoms with E-state index < -0.39 is 0 Å². The SMILES string of the molecule is C[C@H]1C[C@@H](C(=O)NC2CCCc3nc(-c4ccc(F)cc4)sc32)CCN1. The molecule has 2 aromatic rings. The molecule has 1 aromatic carbocycles. The first kappa shape index (κ1) is 17.6. The molecule has 0 bridgehead atoms. The maximum atomic E-state index is 13.2. The van der Waals surface area contributed by atoms with Crippen molar-refractivity contribution in [3.05, 3.63) is 40.7 Å². The van der Waals surface area contributed by atoms with Crippen molar-refractivity contribution in [2.75, 3.05) is 6.54 Å². The number of amides is 1. The average molecular weight is 373 g/mol. The topological polar surface area (TPSA) is 54.0 Å². The lowest BCUT2D eigenvalue weighted by Crippen LogP contribution is -2.43. The summed E-state index contributed by atoms with van der Waals surface area (Å²) in [6.45, 7) is 3.04. The molecule has 1 aromatic heterocycles. The molecule has 2 aliphatic rings. The van der Waals surface area contributed by atoms with E-state index in [1.807, 2.05) is 0 Å². The van der Waals surface area contributed by atoms with Crippen LogP contribution in [0.3, 0.4) is 0 Å². The number of aryl methyl sites for hydroxylation is 1. The van der Waals surface area contributed by atoms with Crippen LogP contribution in [0.2, 0.25) is 0 Å². The zero-order valence-corrected chi connectivity index (χ0v) is 15.7. The highest BCUT2D eigenvalue weighted by Gasteiger charge is 2.30. The van der Waals surface area contributed by atoms with E-state index in [0.717, 1.165) is 54.9 Å². The Hall–Kier alpha value is -1.79. The van der Waals surface area contributed by atoms with Crippen molar-refractivity contribution in [2.45, 2.75) is 51.1 Å². The number of thiazole rings is 1. The quantitative estimate of drug-likeness (QED) is 0.860. The maximum Gasteiger partial charge on any atom is 0.223 e. The minimum absolute atomic E-state index is 0.0585. The number of fused-ring (bicyclic) bond motifs is 1. The number of benzene rings is 1. The smallest absolute Gasteiger partial charge is 0.223 e. The van der Waals surface area contributed by atoms with Crippen LogP contribution in [0.1, 0.15) is 49.2 Å². The minimum Gasteiger partial charge on any atom is -0.348 e. The first-order valence-electron chi connectivity index (χ1n) is 9.39. The lowest BCUT2D eigenvalue weighted by atomic mass is 9.91. The van der Waals surface area contributed by atoms with Crippen LogP contribution in [0, 0.1) is 11.7 Å². The van der Waals surface area contributed by atoms with Crippen molar-refractivity contribution in [1.82, 2.24) is 15.6 Å². The summed E-state index contributed by atoms with van der Waals surface area (Å²) in [5.41, 5.74) is 2.02. The fraction of sp³-hybridized carbons (Fsp3) is 0.500. The molecule has 0 spiro atoms. The van der Waals surface area contributed by atoms with Gasteiger partial charge in [-0.3, -0.25) is 4.79 Å². The summed E-state index contributed by atoms with van der Waals surface area (Å²) in [6.07, 6.45) is 4.75. The van der Waals surface area contributed by atoms with Gasteiger partial charge in [0.2, 0.25) is 5.91 Å². The molecular formula is C20H24FN3OS. The molecule has 1 aliphatic heterocycles. The molecule has 2 heterocycles. The van der Waals surface area contributed by atoms with E-state index in [-0.39, 0.29) is 23.7 Å². The molecule has 0 saturated carbocycles. The number of rotatable bonds is 3. The number of nitrogens with zero attached hydrogens (tertiary/aromatic N) is 1. The van der Waals surface area contributed by atoms with Gasteiger partial charge in [0.05, 0.1) is 16.6 Å². The molecule has 2 N–H and O–H groups in total. The second-order valence-electron chi connectivity index (χ2n) is 7.37. The summed E-state index contributed by atoms with van der Waals surface area (Å²) in [7, 11) is 0. The maximum absolute atomic E-state index is 13.2. The Morgan fingerprint density at radius 1 is 1.31 bits per heavy atom. The van der Waals surface area contributed by atoms with Crippen LogP contribution in [-0.4, -0.2) is 23.5 Å². The van der Waals surface area contributed by atoms with Gasteiger partial charge in [0.25, 0.3) is 0 Å². The Kier molecular flexibility index (Phi) is 5.05. The molecule has 26 heavy (non-hydrogen) atoms. The average Bonchev–Trinajstić information content (AvgIpc) is 3.07. The number of carbonyl (C=O) groups is 1. The number of hydrogen-bond donors (Lipinski definition) is 2. The normalized spacial score (nSPS) is 25.5. The molecule has 1 amide bonds. The van der Waals surface area contributed by atoms with Crippen molar-refractivity contribution in [1.29, 1.82) is 0 Å². The van der Waals surface area contributed by atoms with Crippen LogP contribution in [0.15, 0.2) is 24.3 Å². The standard InChI is InChI=1S/C20H24FN3OS/c1-12-11-14(9-10-22-12)19(25)23-16-3-2-4-17-18(16)26-20(24-17)13-5-7-15(21)8-6-13/h5-8,12,14,16,22H,2-4,9-11H2,1H3,(H,23,25)/t12-,14-,16?/m0/s1. The van der Waals surface area contributed by atoms with Crippen molar-refractivity contribution in [3.63, 3.8) is 0 Å². The predicted octanol–water partition coefficient (Wildman–Crippen LogP) is 3.83. The van der Waals surface area contributed by atoms with E-state index in [0.29, 0.717) is 6.04 Å². The third kappa shape index (κ3) is 3.67. The van der Waals surface area contributed by atoms with Crippen LogP contribution < -0.4 is 10.6 Å². The van der Waals surface area contributed by atoms with E-state index in [1.165, 1.54) is 17.0 Å². The highest BCUT2D eigenvalue weighted by molar-refractivity contribution is 7.15. The summed E-state index contributed by atoms with van der Waals surface area (Å²) < 4.78 is 13.2. The highest BCUT2D eigenvalue weighted by Crippen LogP contribution is 2.38. The number of hydrogen-bond acceptors (Lipinski definition) is 4. The monoisotopic (exact) mass is 373 g/mol. The lowest BCUT2D eigenvalue weighted by Gasteiger charge is -2.29. The van der Waals surface area contributed by atoms with Gasteiger partial charge in [-0.25, -0.2) is 9.37 Å². The van der Waals surface area contributed by atoms with Crippen LogP contribution in [0.4, 0.5) is 4.39 Å². The number of piperidine rings is 1. The number of halogens is 1. The molecule has 1 unspecified atom stereocenters. The van der Waals surface area contributed by atoms with Gasteiger partial charge in [-0.2, -0.15) is 0 Å². The third-order valence-electron chi connectivity index (χ3n) is 5.35. The van der Waals surface area contributed by atoms with Crippen LogP contribution in [0.25, 0.3) is 10.6 Å². The Labute approximate surface area is 157 Å². The molecular weight excluding hydrogens is 349 g/mol. The Balaban J connectivity index is 1.51. The lowest BCUT2D eigenvalue weighted by molar-refractivity contribution is -0.126. The first-order valence-corrected chi connectivity index (χ1v) is 10.2. The zero-order valence-electron chi connectivity index (χ0n) is 14.9. The van der Waals surface area contributed by atoms with Crippen molar-refractivity contribution >= 4 is 17.2 Å². The summed E-state index contributed by atoms with van der Waals surface area (Å²) in [5, 5.41) is 7.59. The number of nitrogens with one attached hydrogen (secondary N) is 2. The fourth-order valence-corrected chi connectivity index (χ4v) is 5.14. The van der Waals surface area contributed by atoms with Crippen molar-refractivity contribution in [3.8, 4) is 10.6 Å². The summed E-state index contributed by atoms with van der Waals surface area (Å²) in [4.78, 5) is 18.7. The van der Waals surface area contributed by atoms with Crippen LogP contribution in [-0.2, 0) is 11.2 Å². The summed E-state index contributed by atoms with van der Waals surface area (Å²) in [5.74, 6) is 0.0328. The van der Waals surface area contributed by atoms with Gasteiger partial charge in [-0.1, -0.05) is 0 Å². The van der Waals surface area contributed by atoms with Gasteiger partial charge in [0.15, 0.2) is 0 Å². The van der Waals surface area contributed by atoms with E-state index in [2.05, 4.69) is 17.6 Å². The van der Waals surface area contributed by atoms with Gasteiger partial charge in [0, 0.05) is 17.5 Å². The van der Waals surface area contributed by atoms with Crippen LogP contribution >= 0.6 is 11.3 Å². The zero-order chi connectivity index (χ0) is 18.1. The fourth-order valence-electron chi connectivity index (χ4n) is 3.93.